The first-order chi connectivity index (χ1) is 23.9. The molecular weight excluding hydrogens is 666 g/mol. The fourth-order valence-corrected chi connectivity index (χ4v) is 6.25. The van der Waals surface area contributed by atoms with Gasteiger partial charge in [-0.25, -0.2) is 21.5 Å². The van der Waals surface area contributed by atoms with Crippen molar-refractivity contribution in [3.8, 4) is 5.75 Å². The molecule has 2 atom stereocenters. The molecule has 10 nitrogen and oxygen atoms in total. The number of carbonyl (C=O) groups excluding carboxylic acids is 1. The van der Waals surface area contributed by atoms with Crippen LogP contribution in [0.1, 0.15) is 47.3 Å². The van der Waals surface area contributed by atoms with E-state index in [1.54, 1.807) is 50.4 Å². The predicted molar refractivity (Wildman–Crippen MR) is 190 cm³/mol. The number of anilines is 2. The largest absolute Gasteiger partial charge is 0.497 e. The quantitative estimate of drug-likeness (QED) is 0.0728. The number of aliphatic hydroxyl groups is 1. The first kappa shape index (κ1) is 38.0. The molecule has 0 aliphatic heterocycles. The first-order valence-electron chi connectivity index (χ1n) is 16.0. The van der Waals surface area contributed by atoms with Gasteiger partial charge in [-0.3, -0.25) is 4.79 Å². The molecule has 0 heterocycles. The van der Waals surface area contributed by atoms with E-state index in [0.717, 1.165) is 34.3 Å². The van der Waals surface area contributed by atoms with Crippen LogP contribution in [0.5, 0.6) is 5.75 Å². The fourth-order valence-electron chi connectivity index (χ4n) is 5.26. The van der Waals surface area contributed by atoms with Crippen molar-refractivity contribution >= 4 is 33.0 Å². The summed E-state index contributed by atoms with van der Waals surface area (Å²) in [5.41, 5.74) is 2.48. The molecule has 0 saturated carbocycles. The van der Waals surface area contributed by atoms with Gasteiger partial charge in [0.1, 0.15) is 24.0 Å². The van der Waals surface area contributed by atoms with Crippen molar-refractivity contribution in [3.05, 3.63) is 125 Å². The number of hydrogen-bond donors (Lipinski definition) is 3. The summed E-state index contributed by atoms with van der Waals surface area (Å²) in [5.74, 6) is -1.58. The highest BCUT2D eigenvalue weighted by atomic mass is 32.2. The van der Waals surface area contributed by atoms with E-state index in [2.05, 4.69) is 15.8 Å². The monoisotopic (exact) mass is 708 g/mol. The minimum atomic E-state index is -3.90. The van der Waals surface area contributed by atoms with Crippen LogP contribution < -0.4 is 19.7 Å². The number of methoxy groups -OCH3 is 1. The van der Waals surface area contributed by atoms with E-state index in [9.17, 15) is 27.1 Å². The number of benzene rings is 4. The van der Waals surface area contributed by atoms with E-state index in [1.165, 1.54) is 12.1 Å². The average molecular weight is 709 g/mol. The van der Waals surface area contributed by atoms with Crippen LogP contribution in [0.2, 0.25) is 0 Å². The molecule has 0 aliphatic carbocycles. The molecule has 0 spiro atoms. The molecule has 3 N–H and O–H groups in total. The molecular formula is C37H42F2N4O6S. The predicted octanol–water partition coefficient (Wildman–Crippen LogP) is 5.71. The van der Waals surface area contributed by atoms with Crippen LogP contribution in [0.25, 0.3) is 0 Å². The van der Waals surface area contributed by atoms with Crippen LogP contribution in [0.4, 0.5) is 20.2 Å². The Morgan fingerprint density at radius 2 is 1.62 bits per heavy atom. The molecule has 0 radical (unpaired) electrons. The van der Waals surface area contributed by atoms with Gasteiger partial charge in [-0.2, -0.15) is 0 Å². The van der Waals surface area contributed by atoms with Crippen LogP contribution in [-0.2, 0) is 27.8 Å². The topological polar surface area (TPSA) is 130 Å². The van der Waals surface area contributed by atoms with Crippen molar-refractivity contribution in [2.24, 2.45) is 5.16 Å². The first-order valence-corrected chi connectivity index (χ1v) is 17.9. The lowest BCUT2D eigenvalue weighted by atomic mass is 9.99. The highest BCUT2D eigenvalue weighted by Crippen LogP contribution is 2.30. The zero-order valence-corrected chi connectivity index (χ0v) is 29.2. The molecule has 13 heteroatoms. The number of hydrogen-bond acceptors (Lipinski definition) is 8. The van der Waals surface area contributed by atoms with E-state index in [4.69, 9.17) is 9.57 Å². The molecule has 1 amide bonds. The number of para-hydroxylation sites is 1. The van der Waals surface area contributed by atoms with E-state index in [0.29, 0.717) is 42.3 Å². The van der Waals surface area contributed by atoms with Crippen molar-refractivity contribution < 1.29 is 36.7 Å². The number of sulfonamides is 1. The lowest BCUT2D eigenvalue weighted by molar-refractivity contribution is 0.0829. The lowest BCUT2D eigenvalue weighted by Crippen LogP contribution is -2.48. The van der Waals surface area contributed by atoms with Crippen molar-refractivity contribution in [1.82, 2.24) is 10.6 Å². The molecule has 50 heavy (non-hydrogen) atoms. The molecule has 0 unspecified atom stereocenters. The van der Waals surface area contributed by atoms with Gasteiger partial charge in [0.25, 0.3) is 5.91 Å². The van der Waals surface area contributed by atoms with Crippen LogP contribution in [0, 0.1) is 11.6 Å². The van der Waals surface area contributed by atoms with Crippen molar-refractivity contribution in [3.63, 3.8) is 0 Å². The second kappa shape index (κ2) is 17.7. The third kappa shape index (κ3) is 10.8. The standard InChI is InChI=1S/C37H42F2N4O6S/c1-5-14-49-42-25(2)28-19-29(21-33(20-28)43(50(4,46)47)32-11-7-6-8-12-32)37(45)41-35(18-27-15-30(38)22-31(39)16-27)36(44)24-40-23-26-10-9-13-34(17-26)48-3/h6-13,15-17,19-22,35-36,40,44H,5,14,18,23-24H2,1-4H3,(H,41,45)/b42-25-/t35-,36+/m0/s1. The summed E-state index contributed by atoms with van der Waals surface area (Å²) < 4.78 is 61.0. The van der Waals surface area contributed by atoms with Crippen molar-refractivity contribution in [1.29, 1.82) is 0 Å². The van der Waals surface area contributed by atoms with Crippen molar-refractivity contribution in [2.75, 3.05) is 30.8 Å². The third-order valence-electron chi connectivity index (χ3n) is 7.63. The van der Waals surface area contributed by atoms with Crippen LogP contribution in [-0.4, -0.2) is 63.8 Å². The molecule has 4 aromatic carbocycles. The average Bonchev–Trinajstić information content (AvgIpc) is 3.07. The van der Waals surface area contributed by atoms with Crippen LogP contribution in [0.3, 0.4) is 0 Å². The Balaban J connectivity index is 1.69. The van der Waals surface area contributed by atoms with Gasteiger partial charge in [0, 0.05) is 30.3 Å². The van der Waals surface area contributed by atoms with E-state index < -0.39 is 39.7 Å². The minimum absolute atomic E-state index is 0.0155. The number of ether oxygens (including phenoxy) is 1. The number of halogens is 2. The number of carbonyl (C=O) groups is 1. The molecule has 0 bridgehead atoms. The smallest absolute Gasteiger partial charge is 0.251 e. The summed E-state index contributed by atoms with van der Waals surface area (Å²) in [7, 11) is -2.33. The maximum atomic E-state index is 14.2. The van der Waals surface area contributed by atoms with Gasteiger partial charge >= 0.3 is 0 Å². The molecule has 0 fully saturated rings. The second-order valence-electron chi connectivity index (χ2n) is 11.8. The number of nitrogens with zero attached hydrogens (tertiary/aromatic N) is 2. The van der Waals surface area contributed by atoms with Crippen LogP contribution >= 0.6 is 0 Å². The molecule has 4 aromatic rings. The Hall–Kier alpha value is -4.85. The molecule has 4 rings (SSSR count). The summed E-state index contributed by atoms with van der Waals surface area (Å²) in [5, 5.41) is 21.4. The molecule has 0 aromatic heterocycles. The summed E-state index contributed by atoms with van der Waals surface area (Å²) >= 11 is 0. The second-order valence-corrected chi connectivity index (χ2v) is 13.6. The van der Waals surface area contributed by atoms with Gasteiger partial charge in [0.05, 0.1) is 42.6 Å². The summed E-state index contributed by atoms with van der Waals surface area (Å²) in [4.78, 5) is 19.4. The number of aliphatic hydroxyl groups excluding tert-OH is 1. The normalized spacial score (nSPS) is 13.0. The van der Waals surface area contributed by atoms with Gasteiger partial charge in [-0.15, -0.1) is 0 Å². The van der Waals surface area contributed by atoms with Crippen molar-refractivity contribution in [2.45, 2.75) is 45.4 Å². The number of oxime groups is 1. The minimum Gasteiger partial charge on any atom is -0.497 e. The van der Waals surface area contributed by atoms with Gasteiger partial charge < -0.3 is 25.3 Å². The molecule has 0 saturated heterocycles. The zero-order valence-electron chi connectivity index (χ0n) is 28.4. The Morgan fingerprint density at radius 3 is 2.28 bits per heavy atom. The van der Waals surface area contributed by atoms with E-state index in [1.807, 2.05) is 31.2 Å². The fraction of sp³-hybridized carbons (Fsp3) is 0.297. The number of rotatable bonds is 17. The summed E-state index contributed by atoms with van der Waals surface area (Å²) in [6, 6.07) is 22.3. The molecule has 0 aliphatic rings. The number of amides is 1. The van der Waals surface area contributed by atoms with E-state index in [-0.39, 0.29) is 29.8 Å². The Morgan fingerprint density at radius 1 is 0.920 bits per heavy atom. The Bertz CT molecular complexity index is 1870. The lowest BCUT2D eigenvalue weighted by Gasteiger charge is -2.26. The SMILES string of the molecule is CCCO/N=C(/C)c1cc(C(=O)N[C@@H](Cc2cc(F)cc(F)c2)[C@H](O)CNCc2cccc(OC)c2)cc(N(c2ccccc2)S(C)(=O)=O)c1. The van der Waals surface area contributed by atoms with Gasteiger partial charge in [0.2, 0.25) is 10.0 Å². The highest BCUT2D eigenvalue weighted by Gasteiger charge is 2.26. The van der Waals surface area contributed by atoms with Gasteiger partial charge in [-0.05, 0) is 85.5 Å². The Labute approximate surface area is 291 Å². The van der Waals surface area contributed by atoms with Gasteiger partial charge in [0.15, 0.2) is 0 Å². The summed E-state index contributed by atoms with van der Waals surface area (Å²) in [6.45, 7) is 4.34. The Kier molecular flexibility index (Phi) is 13.4. The zero-order chi connectivity index (χ0) is 36.3. The maximum absolute atomic E-state index is 14.2. The van der Waals surface area contributed by atoms with E-state index >= 15 is 0 Å². The van der Waals surface area contributed by atoms with Gasteiger partial charge in [-0.1, -0.05) is 42.4 Å². The number of nitrogens with one attached hydrogen (secondary N) is 2. The maximum Gasteiger partial charge on any atom is 0.251 e. The molecule has 266 valence electrons. The highest BCUT2D eigenvalue weighted by molar-refractivity contribution is 7.92. The summed E-state index contributed by atoms with van der Waals surface area (Å²) in [6.07, 6.45) is 0.454. The van der Waals surface area contributed by atoms with Crippen LogP contribution in [0.15, 0.2) is 96.2 Å². The third-order valence-corrected chi connectivity index (χ3v) is 8.71.